The van der Waals surface area contributed by atoms with Gasteiger partial charge < -0.3 is 14.9 Å². The molecule has 136 valence electrons. The monoisotopic (exact) mass is 336 g/mol. The smallest absolute Gasteiger partial charge is 0.330 e. The van der Waals surface area contributed by atoms with Crippen LogP contribution in [0.15, 0.2) is 23.8 Å². The van der Waals surface area contributed by atoms with Crippen molar-refractivity contribution in [3.05, 3.63) is 23.8 Å². The molecule has 1 saturated carbocycles. The second-order valence-corrected chi connectivity index (χ2v) is 8.33. The molecule has 0 spiro atoms. The molecule has 24 heavy (non-hydrogen) atoms. The Morgan fingerprint density at radius 1 is 1.29 bits per heavy atom. The van der Waals surface area contributed by atoms with Crippen molar-refractivity contribution in [3.8, 4) is 0 Å². The summed E-state index contributed by atoms with van der Waals surface area (Å²) in [5, 5.41) is 20.1. The van der Waals surface area contributed by atoms with Crippen molar-refractivity contribution >= 4 is 5.97 Å². The van der Waals surface area contributed by atoms with Crippen LogP contribution in [-0.2, 0) is 9.53 Å². The van der Waals surface area contributed by atoms with Crippen LogP contribution in [0, 0.1) is 22.7 Å². The Bertz CT molecular complexity index is 520. The van der Waals surface area contributed by atoms with Gasteiger partial charge in [0.2, 0.25) is 0 Å². The molecule has 0 unspecified atom stereocenters. The minimum absolute atomic E-state index is 0.0573. The zero-order valence-corrected chi connectivity index (χ0v) is 15.4. The van der Waals surface area contributed by atoms with E-state index >= 15 is 0 Å². The first kappa shape index (κ1) is 19.2. The second kappa shape index (κ2) is 7.40. The summed E-state index contributed by atoms with van der Waals surface area (Å²) >= 11 is 0. The third kappa shape index (κ3) is 3.75. The van der Waals surface area contributed by atoms with Crippen molar-refractivity contribution in [1.82, 2.24) is 0 Å². The number of aliphatic hydroxyl groups is 2. The molecule has 0 bridgehead atoms. The number of aliphatic hydroxyl groups excluding tert-OH is 2. The van der Waals surface area contributed by atoms with E-state index in [0.29, 0.717) is 17.9 Å². The summed E-state index contributed by atoms with van der Waals surface area (Å²) in [5.41, 5.74) is 0.963. The molecule has 0 heterocycles. The Morgan fingerprint density at radius 3 is 2.62 bits per heavy atom. The third-order valence-corrected chi connectivity index (χ3v) is 6.35. The number of esters is 1. The van der Waals surface area contributed by atoms with Crippen LogP contribution in [0.3, 0.4) is 0 Å². The summed E-state index contributed by atoms with van der Waals surface area (Å²) in [6.07, 6.45) is 9.95. The fraction of sp³-hybridized carbons (Fsp3) is 0.750. The van der Waals surface area contributed by atoms with Crippen molar-refractivity contribution in [1.29, 1.82) is 0 Å². The number of allylic oxidation sites excluding steroid dienone is 1. The van der Waals surface area contributed by atoms with Gasteiger partial charge in [-0.05, 0) is 53.9 Å². The number of hydrogen-bond donors (Lipinski definition) is 2. The third-order valence-electron chi connectivity index (χ3n) is 6.35. The molecule has 0 aromatic heterocycles. The summed E-state index contributed by atoms with van der Waals surface area (Å²) in [7, 11) is 1.33. The predicted octanol–water partition coefficient (Wildman–Crippen LogP) is 3.24. The van der Waals surface area contributed by atoms with E-state index in [1.54, 1.807) is 0 Å². The van der Waals surface area contributed by atoms with Crippen LogP contribution in [0.5, 0.6) is 0 Å². The lowest BCUT2D eigenvalue weighted by Crippen LogP contribution is -2.51. The predicted molar refractivity (Wildman–Crippen MR) is 94.3 cm³/mol. The molecule has 2 N–H and O–H groups in total. The highest BCUT2D eigenvalue weighted by Crippen LogP contribution is 2.58. The fourth-order valence-electron chi connectivity index (χ4n) is 5.04. The van der Waals surface area contributed by atoms with Crippen LogP contribution in [0.1, 0.15) is 52.9 Å². The van der Waals surface area contributed by atoms with Crippen LogP contribution < -0.4 is 0 Å². The first-order valence-corrected chi connectivity index (χ1v) is 8.99. The molecule has 0 aliphatic heterocycles. The SMILES string of the molecule is COC(=O)/C=C(/CO)CC[C@@H]1[C@H](O)C=C[C@@H]2C(C)(C)CCC[C@@]12C. The summed E-state index contributed by atoms with van der Waals surface area (Å²) in [6.45, 7) is 6.80. The van der Waals surface area contributed by atoms with Gasteiger partial charge in [-0.3, -0.25) is 0 Å². The van der Waals surface area contributed by atoms with Crippen LogP contribution in [-0.4, -0.2) is 36.0 Å². The Morgan fingerprint density at radius 2 is 2.00 bits per heavy atom. The number of carbonyl (C=O) groups is 1. The topological polar surface area (TPSA) is 66.8 Å². The Kier molecular flexibility index (Phi) is 5.92. The maximum absolute atomic E-state index is 11.4. The lowest BCUT2D eigenvalue weighted by atomic mass is 9.49. The van der Waals surface area contributed by atoms with Crippen molar-refractivity contribution in [3.63, 3.8) is 0 Å². The number of carbonyl (C=O) groups excluding carboxylic acids is 1. The molecule has 2 aliphatic rings. The standard InChI is InChI=1S/C20H32O4/c1-19(2)10-5-11-20(3)15(16(22)8-9-17(19)20)7-6-14(13-21)12-18(23)24-4/h8-9,12,15-17,21-22H,5-7,10-11,13H2,1-4H3/b14-12+/t15-,16-,17-,20+/m1/s1. The molecule has 2 aliphatic carbocycles. The molecule has 0 aromatic carbocycles. The number of fused-ring (bicyclic) bond motifs is 1. The molecule has 1 fully saturated rings. The Hall–Kier alpha value is -1.13. The van der Waals surface area contributed by atoms with Gasteiger partial charge in [-0.15, -0.1) is 0 Å². The van der Waals surface area contributed by atoms with Gasteiger partial charge in [0.15, 0.2) is 0 Å². The minimum Gasteiger partial charge on any atom is -0.466 e. The number of hydrogen-bond acceptors (Lipinski definition) is 4. The van der Waals surface area contributed by atoms with E-state index < -0.39 is 12.1 Å². The zero-order valence-electron chi connectivity index (χ0n) is 15.4. The summed E-state index contributed by atoms with van der Waals surface area (Å²) < 4.78 is 4.64. The molecule has 0 radical (unpaired) electrons. The van der Waals surface area contributed by atoms with E-state index in [-0.39, 0.29) is 23.4 Å². The number of rotatable bonds is 5. The van der Waals surface area contributed by atoms with Gasteiger partial charge in [-0.1, -0.05) is 39.3 Å². The van der Waals surface area contributed by atoms with Crippen LogP contribution >= 0.6 is 0 Å². The minimum atomic E-state index is -0.460. The van der Waals surface area contributed by atoms with Crippen molar-refractivity contribution in [2.24, 2.45) is 22.7 Å². The van der Waals surface area contributed by atoms with Gasteiger partial charge in [0.05, 0.1) is 19.8 Å². The zero-order chi connectivity index (χ0) is 18.0. The highest BCUT2D eigenvalue weighted by molar-refractivity contribution is 5.82. The van der Waals surface area contributed by atoms with E-state index in [9.17, 15) is 15.0 Å². The molecule has 4 nitrogen and oxygen atoms in total. The lowest BCUT2D eigenvalue weighted by Gasteiger charge is -2.56. The Balaban J connectivity index is 2.18. The number of ether oxygens (including phenoxy) is 1. The van der Waals surface area contributed by atoms with Gasteiger partial charge in [0.1, 0.15) is 0 Å². The van der Waals surface area contributed by atoms with E-state index in [0.717, 1.165) is 12.8 Å². The molecular formula is C20H32O4. The maximum Gasteiger partial charge on any atom is 0.330 e. The van der Waals surface area contributed by atoms with Crippen LogP contribution in [0.25, 0.3) is 0 Å². The fourth-order valence-corrected chi connectivity index (χ4v) is 5.04. The van der Waals surface area contributed by atoms with Crippen molar-refractivity contribution < 1.29 is 19.7 Å². The average Bonchev–Trinajstić information content (AvgIpc) is 2.51. The Labute approximate surface area is 145 Å². The number of methoxy groups -OCH3 is 1. The summed E-state index contributed by atoms with van der Waals surface area (Å²) in [4.78, 5) is 11.4. The van der Waals surface area contributed by atoms with Gasteiger partial charge in [-0.25, -0.2) is 4.79 Å². The highest BCUT2D eigenvalue weighted by atomic mass is 16.5. The highest BCUT2D eigenvalue weighted by Gasteiger charge is 2.52. The molecule has 0 saturated heterocycles. The van der Waals surface area contributed by atoms with E-state index in [1.807, 2.05) is 6.08 Å². The largest absolute Gasteiger partial charge is 0.466 e. The second-order valence-electron chi connectivity index (χ2n) is 8.33. The molecule has 0 amide bonds. The normalized spacial score (nSPS) is 35.4. The lowest BCUT2D eigenvalue weighted by molar-refractivity contribution is -0.134. The molecule has 0 aromatic rings. The maximum atomic E-state index is 11.4. The van der Waals surface area contributed by atoms with Gasteiger partial charge in [0.25, 0.3) is 0 Å². The van der Waals surface area contributed by atoms with Crippen LogP contribution in [0.2, 0.25) is 0 Å². The summed E-state index contributed by atoms with van der Waals surface area (Å²) in [5.74, 6) is 0.153. The average molecular weight is 336 g/mol. The van der Waals surface area contributed by atoms with Gasteiger partial charge >= 0.3 is 5.97 Å². The van der Waals surface area contributed by atoms with Crippen LogP contribution in [0.4, 0.5) is 0 Å². The van der Waals surface area contributed by atoms with E-state index in [1.165, 1.54) is 26.0 Å². The first-order valence-electron chi connectivity index (χ1n) is 8.99. The quantitative estimate of drug-likeness (QED) is 0.459. The molecule has 4 atom stereocenters. The molecule has 2 rings (SSSR count). The van der Waals surface area contributed by atoms with E-state index in [4.69, 9.17) is 0 Å². The van der Waals surface area contributed by atoms with E-state index in [2.05, 4.69) is 31.6 Å². The van der Waals surface area contributed by atoms with Crippen molar-refractivity contribution in [2.75, 3.05) is 13.7 Å². The molecular weight excluding hydrogens is 304 g/mol. The van der Waals surface area contributed by atoms with Crippen molar-refractivity contribution in [2.45, 2.75) is 59.0 Å². The first-order chi connectivity index (χ1) is 11.2. The molecule has 4 heteroatoms. The van der Waals surface area contributed by atoms with Gasteiger partial charge in [-0.2, -0.15) is 0 Å². The summed E-state index contributed by atoms with van der Waals surface area (Å²) in [6, 6.07) is 0. The van der Waals surface area contributed by atoms with Gasteiger partial charge in [0, 0.05) is 6.08 Å².